The molecule has 1 aromatic rings. The van der Waals surface area contributed by atoms with Gasteiger partial charge in [-0.25, -0.2) is 0 Å². The maximum atomic E-state index is 12.0. The normalized spacial score (nSPS) is 23.5. The van der Waals surface area contributed by atoms with Gasteiger partial charge in [0.25, 0.3) is 11.8 Å². The van der Waals surface area contributed by atoms with Gasteiger partial charge in [0, 0.05) is 24.2 Å². The molecule has 6 nitrogen and oxygen atoms in total. The lowest BCUT2D eigenvalue weighted by atomic mass is 9.86. The van der Waals surface area contributed by atoms with E-state index in [4.69, 9.17) is 4.74 Å². The first-order chi connectivity index (χ1) is 12.5. The fraction of sp³-hybridized carbons (Fsp3) is 0.550. The summed E-state index contributed by atoms with van der Waals surface area (Å²) >= 11 is 0. The molecule has 1 aromatic carbocycles. The van der Waals surface area contributed by atoms with Crippen molar-refractivity contribution in [2.45, 2.75) is 39.0 Å². The van der Waals surface area contributed by atoms with Crippen molar-refractivity contribution in [3.05, 3.63) is 29.8 Å². The van der Waals surface area contributed by atoms with E-state index < -0.39 is 5.91 Å². The SMILES string of the molecule is CCNC(=O)c1cccc(NC(=O)COC(=O)C[C@H]2C[C@H]3CC[C@@H]2C3)c1. The molecule has 0 spiro atoms. The van der Waals surface area contributed by atoms with E-state index in [-0.39, 0.29) is 18.5 Å². The number of hydrogen-bond donors (Lipinski definition) is 2. The Bertz CT molecular complexity index is 688. The molecule has 2 bridgehead atoms. The number of nitrogens with one attached hydrogen (secondary N) is 2. The van der Waals surface area contributed by atoms with Gasteiger partial charge in [-0.15, -0.1) is 0 Å². The zero-order valence-electron chi connectivity index (χ0n) is 15.1. The summed E-state index contributed by atoms with van der Waals surface area (Å²) in [7, 11) is 0. The zero-order valence-corrected chi connectivity index (χ0v) is 15.1. The lowest BCUT2D eigenvalue weighted by Crippen LogP contribution is -2.24. The molecule has 6 heteroatoms. The first-order valence-corrected chi connectivity index (χ1v) is 9.39. The molecule has 0 aliphatic heterocycles. The van der Waals surface area contributed by atoms with E-state index in [2.05, 4.69) is 10.6 Å². The van der Waals surface area contributed by atoms with E-state index in [0.29, 0.717) is 36.1 Å². The lowest BCUT2D eigenvalue weighted by molar-refractivity contribution is -0.148. The summed E-state index contributed by atoms with van der Waals surface area (Å²) in [5, 5.41) is 5.37. The number of fused-ring (bicyclic) bond motifs is 2. The summed E-state index contributed by atoms with van der Waals surface area (Å²) in [5.74, 6) is 0.990. The second-order valence-electron chi connectivity index (χ2n) is 7.29. The van der Waals surface area contributed by atoms with Crippen molar-refractivity contribution in [3.8, 4) is 0 Å². The second kappa shape index (κ2) is 8.34. The van der Waals surface area contributed by atoms with Crippen LogP contribution in [-0.4, -0.2) is 30.9 Å². The predicted molar refractivity (Wildman–Crippen MR) is 97.6 cm³/mol. The van der Waals surface area contributed by atoms with E-state index >= 15 is 0 Å². The standard InChI is InChI=1S/C20H26N2O4/c1-2-21-20(25)15-4-3-5-17(10-15)22-18(23)12-26-19(24)11-16-9-13-6-7-14(16)8-13/h3-5,10,13-14,16H,2,6-9,11-12H2,1H3,(H,21,25)(H,22,23)/t13-,14+,16+/m0/s1. The van der Waals surface area contributed by atoms with Crippen LogP contribution in [0.1, 0.15) is 49.4 Å². The maximum absolute atomic E-state index is 12.0. The highest BCUT2D eigenvalue weighted by atomic mass is 16.5. The van der Waals surface area contributed by atoms with Gasteiger partial charge in [0.2, 0.25) is 0 Å². The van der Waals surface area contributed by atoms with Crippen LogP contribution in [0.4, 0.5) is 5.69 Å². The van der Waals surface area contributed by atoms with Crippen LogP contribution in [0.2, 0.25) is 0 Å². The molecule has 2 saturated carbocycles. The summed E-state index contributed by atoms with van der Waals surface area (Å²) in [6.07, 6.45) is 5.32. The molecular formula is C20H26N2O4. The quantitative estimate of drug-likeness (QED) is 0.734. The smallest absolute Gasteiger partial charge is 0.306 e. The van der Waals surface area contributed by atoms with Crippen molar-refractivity contribution in [2.24, 2.45) is 17.8 Å². The minimum absolute atomic E-state index is 0.194. The molecule has 0 saturated heterocycles. The second-order valence-corrected chi connectivity index (χ2v) is 7.29. The van der Waals surface area contributed by atoms with Gasteiger partial charge in [0.15, 0.2) is 6.61 Å². The molecule has 0 heterocycles. The molecule has 0 radical (unpaired) electrons. The Morgan fingerprint density at radius 1 is 1.19 bits per heavy atom. The van der Waals surface area contributed by atoms with Gasteiger partial charge in [-0.2, -0.15) is 0 Å². The van der Waals surface area contributed by atoms with Crippen molar-refractivity contribution in [1.29, 1.82) is 0 Å². The van der Waals surface area contributed by atoms with Crippen molar-refractivity contribution in [3.63, 3.8) is 0 Å². The van der Waals surface area contributed by atoms with Crippen LogP contribution in [0, 0.1) is 17.8 Å². The maximum Gasteiger partial charge on any atom is 0.306 e. The largest absolute Gasteiger partial charge is 0.456 e. The molecule has 2 fully saturated rings. The van der Waals surface area contributed by atoms with Crippen LogP contribution < -0.4 is 10.6 Å². The molecule has 0 aromatic heterocycles. The van der Waals surface area contributed by atoms with Crippen molar-refractivity contribution in [2.75, 3.05) is 18.5 Å². The van der Waals surface area contributed by atoms with Gasteiger partial charge >= 0.3 is 5.97 Å². The highest BCUT2D eigenvalue weighted by Crippen LogP contribution is 2.49. The Balaban J connectivity index is 1.43. The summed E-state index contributed by atoms with van der Waals surface area (Å²) in [6.45, 7) is 2.08. The molecule has 0 unspecified atom stereocenters. The number of carbonyl (C=O) groups is 3. The third-order valence-corrected chi connectivity index (χ3v) is 5.42. The fourth-order valence-electron chi connectivity index (χ4n) is 4.24. The first kappa shape index (κ1) is 18.4. The van der Waals surface area contributed by atoms with Gasteiger partial charge < -0.3 is 15.4 Å². The van der Waals surface area contributed by atoms with Crippen molar-refractivity contribution in [1.82, 2.24) is 5.32 Å². The topological polar surface area (TPSA) is 84.5 Å². The molecule has 2 N–H and O–H groups in total. The van der Waals surface area contributed by atoms with Crippen LogP contribution in [0.5, 0.6) is 0 Å². The van der Waals surface area contributed by atoms with Crippen LogP contribution in [-0.2, 0) is 14.3 Å². The number of rotatable bonds is 7. The third-order valence-electron chi connectivity index (χ3n) is 5.42. The minimum Gasteiger partial charge on any atom is -0.456 e. The Labute approximate surface area is 153 Å². The van der Waals surface area contributed by atoms with Crippen molar-refractivity contribution < 1.29 is 19.1 Å². The summed E-state index contributed by atoms with van der Waals surface area (Å²) in [4.78, 5) is 35.8. The average Bonchev–Trinajstić information content (AvgIpc) is 3.23. The Morgan fingerprint density at radius 3 is 2.73 bits per heavy atom. The van der Waals surface area contributed by atoms with Gasteiger partial charge in [0.05, 0.1) is 0 Å². The number of hydrogen-bond acceptors (Lipinski definition) is 4. The first-order valence-electron chi connectivity index (χ1n) is 9.39. The molecule has 26 heavy (non-hydrogen) atoms. The molecule has 2 amide bonds. The number of ether oxygens (including phenoxy) is 1. The van der Waals surface area contributed by atoms with Crippen LogP contribution in [0.25, 0.3) is 0 Å². The minimum atomic E-state index is -0.403. The molecule has 2 aliphatic carbocycles. The Morgan fingerprint density at radius 2 is 2.04 bits per heavy atom. The lowest BCUT2D eigenvalue weighted by Gasteiger charge is -2.20. The number of esters is 1. The average molecular weight is 358 g/mol. The third kappa shape index (κ3) is 4.62. The summed E-state index contributed by atoms with van der Waals surface area (Å²) in [6, 6.07) is 6.66. The fourth-order valence-corrected chi connectivity index (χ4v) is 4.24. The van der Waals surface area contributed by atoms with Gasteiger partial charge in [-0.3, -0.25) is 14.4 Å². The Kier molecular flexibility index (Phi) is 5.91. The van der Waals surface area contributed by atoms with E-state index in [0.717, 1.165) is 12.3 Å². The highest BCUT2D eigenvalue weighted by Gasteiger charge is 2.40. The van der Waals surface area contributed by atoms with E-state index in [1.165, 1.54) is 19.3 Å². The van der Waals surface area contributed by atoms with Crippen LogP contribution >= 0.6 is 0 Å². The molecule has 3 rings (SSSR count). The van der Waals surface area contributed by atoms with E-state index in [9.17, 15) is 14.4 Å². The van der Waals surface area contributed by atoms with Crippen molar-refractivity contribution >= 4 is 23.5 Å². The Hall–Kier alpha value is -2.37. The zero-order chi connectivity index (χ0) is 18.5. The van der Waals surface area contributed by atoms with E-state index in [1.54, 1.807) is 24.3 Å². The number of anilines is 1. The molecule has 2 aliphatic rings. The van der Waals surface area contributed by atoms with Crippen LogP contribution in [0.15, 0.2) is 24.3 Å². The monoisotopic (exact) mass is 358 g/mol. The summed E-state index contributed by atoms with van der Waals surface area (Å²) in [5.41, 5.74) is 0.973. The molecular weight excluding hydrogens is 332 g/mol. The predicted octanol–water partition coefficient (Wildman–Crippen LogP) is 2.74. The number of benzene rings is 1. The van der Waals surface area contributed by atoms with Gasteiger partial charge in [-0.05, 0) is 62.1 Å². The highest BCUT2D eigenvalue weighted by molar-refractivity contribution is 5.97. The summed E-state index contributed by atoms with van der Waals surface area (Å²) < 4.78 is 5.13. The van der Waals surface area contributed by atoms with Gasteiger partial charge in [0.1, 0.15) is 0 Å². The molecule has 140 valence electrons. The molecule has 3 atom stereocenters. The van der Waals surface area contributed by atoms with E-state index in [1.807, 2.05) is 6.92 Å². The van der Waals surface area contributed by atoms with Gasteiger partial charge in [-0.1, -0.05) is 12.5 Å². The number of amides is 2. The number of carbonyl (C=O) groups excluding carboxylic acids is 3. The van der Waals surface area contributed by atoms with Crippen LogP contribution in [0.3, 0.4) is 0 Å².